The number of hydrogen-bond acceptors (Lipinski definition) is 4. The van der Waals surface area contributed by atoms with Gasteiger partial charge in [-0.1, -0.05) is 39.0 Å². The Balaban J connectivity index is 2.01. The molecular weight excluding hydrogens is 332 g/mol. The molecule has 0 bridgehead atoms. The standard InChI is InChI=1S/C20H28N2O2S/c1-6-16(5)22(20(23)14(2)3)11-17-13-25-19(21-17)12-24-18-10-8-7-9-15(18)4/h7-10,13-14,16H,6,11-12H2,1-5H3/t16-/m1/s1. The van der Waals surface area contributed by atoms with Crippen molar-refractivity contribution in [2.45, 2.75) is 60.2 Å². The van der Waals surface area contributed by atoms with Crippen LogP contribution >= 0.6 is 11.3 Å². The Morgan fingerprint density at radius 1 is 1.28 bits per heavy atom. The molecule has 0 aliphatic rings. The average molecular weight is 361 g/mol. The molecule has 0 spiro atoms. The summed E-state index contributed by atoms with van der Waals surface area (Å²) in [5.74, 6) is 1.06. The van der Waals surface area contributed by atoms with Crippen LogP contribution in [0.2, 0.25) is 0 Å². The van der Waals surface area contributed by atoms with Crippen LogP contribution in [0.25, 0.3) is 0 Å². The molecule has 1 aromatic carbocycles. The summed E-state index contributed by atoms with van der Waals surface area (Å²) < 4.78 is 5.86. The third kappa shape index (κ3) is 5.30. The molecule has 1 atom stereocenters. The molecule has 25 heavy (non-hydrogen) atoms. The molecule has 0 aliphatic heterocycles. The fourth-order valence-corrected chi connectivity index (χ4v) is 3.22. The second-order valence-corrected chi connectivity index (χ2v) is 7.61. The Morgan fingerprint density at radius 3 is 2.64 bits per heavy atom. The van der Waals surface area contributed by atoms with E-state index in [9.17, 15) is 4.79 Å². The first kappa shape index (κ1) is 19.4. The number of carbonyl (C=O) groups is 1. The van der Waals surface area contributed by atoms with Crippen molar-refractivity contribution in [3.8, 4) is 5.75 Å². The van der Waals surface area contributed by atoms with E-state index in [1.54, 1.807) is 11.3 Å². The number of aryl methyl sites for hydroxylation is 1. The molecule has 5 heteroatoms. The van der Waals surface area contributed by atoms with Gasteiger partial charge in [-0.2, -0.15) is 0 Å². The van der Waals surface area contributed by atoms with E-state index in [1.807, 2.05) is 55.3 Å². The van der Waals surface area contributed by atoms with Gasteiger partial charge >= 0.3 is 0 Å². The number of amides is 1. The molecule has 0 fully saturated rings. The van der Waals surface area contributed by atoms with Gasteiger partial charge in [-0.3, -0.25) is 4.79 Å². The highest BCUT2D eigenvalue weighted by Crippen LogP contribution is 2.20. The molecule has 1 heterocycles. The van der Waals surface area contributed by atoms with E-state index in [4.69, 9.17) is 4.74 Å². The lowest BCUT2D eigenvalue weighted by Crippen LogP contribution is -2.40. The molecule has 0 N–H and O–H groups in total. The van der Waals surface area contributed by atoms with Gasteiger partial charge in [0.1, 0.15) is 17.4 Å². The largest absolute Gasteiger partial charge is 0.486 e. The lowest BCUT2D eigenvalue weighted by molar-refractivity contribution is -0.137. The zero-order valence-electron chi connectivity index (χ0n) is 15.8. The normalized spacial score (nSPS) is 12.2. The second-order valence-electron chi connectivity index (χ2n) is 6.66. The number of nitrogens with zero attached hydrogens (tertiary/aromatic N) is 2. The molecule has 1 amide bonds. The molecule has 2 aromatic rings. The molecule has 0 saturated heterocycles. The number of carbonyl (C=O) groups excluding carboxylic acids is 1. The third-order valence-electron chi connectivity index (χ3n) is 4.28. The first-order chi connectivity index (χ1) is 11.9. The van der Waals surface area contributed by atoms with Crippen molar-refractivity contribution in [2.75, 3.05) is 0 Å². The maximum atomic E-state index is 12.5. The minimum atomic E-state index is -0.00325. The highest BCUT2D eigenvalue weighted by atomic mass is 32.1. The van der Waals surface area contributed by atoms with Crippen molar-refractivity contribution in [1.82, 2.24) is 9.88 Å². The van der Waals surface area contributed by atoms with Crippen molar-refractivity contribution in [2.24, 2.45) is 5.92 Å². The summed E-state index contributed by atoms with van der Waals surface area (Å²) in [5.41, 5.74) is 2.05. The van der Waals surface area contributed by atoms with Crippen LogP contribution in [0.1, 0.15) is 50.4 Å². The van der Waals surface area contributed by atoms with Gasteiger partial charge < -0.3 is 9.64 Å². The molecule has 0 unspecified atom stereocenters. The van der Waals surface area contributed by atoms with E-state index >= 15 is 0 Å². The van der Waals surface area contributed by atoms with Gasteiger partial charge in [0.05, 0.1) is 12.2 Å². The van der Waals surface area contributed by atoms with Crippen molar-refractivity contribution >= 4 is 17.2 Å². The van der Waals surface area contributed by atoms with Crippen LogP contribution < -0.4 is 4.74 Å². The molecule has 1 aromatic heterocycles. The maximum Gasteiger partial charge on any atom is 0.225 e. The topological polar surface area (TPSA) is 42.4 Å². The third-order valence-corrected chi connectivity index (χ3v) is 5.15. The van der Waals surface area contributed by atoms with Crippen LogP contribution in [-0.2, 0) is 17.9 Å². The summed E-state index contributed by atoms with van der Waals surface area (Å²) in [6.45, 7) is 11.1. The van der Waals surface area contributed by atoms with Crippen LogP contribution in [0.3, 0.4) is 0 Å². The quantitative estimate of drug-likeness (QED) is 0.678. The van der Waals surface area contributed by atoms with Gasteiger partial charge in [0.25, 0.3) is 0 Å². The SMILES string of the molecule is CC[C@@H](C)N(Cc1csc(COc2ccccc2C)n1)C(=O)C(C)C. The van der Waals surface area contributed by atoms with Crippen molar-refractivity contribution < 1.29 is 9.53 Å². The lowest BCUT2D eigenvalue weighted by atomic mass is 10.1. The summed E-state index contributed by atoms with van der Waals surface area (Å²) in [6.07, 6.45) is 0.936. The Hall–Kier alpha value is -1.88. The first-order valence-electron chi connectivity index (χ1n) is 8.84. The number of rotatable bonds is 8. The Bertz CT molecular complexity index is 697. The minimum absolute atomic E-state index is 0.00325. The summed E-state index contributed by atoms with van der Waals surface area (Å²) in [7, 11) is 0. The van der Waals surface area contributed by atoms with Crippen molar-refractivity contribution in [1.29, 1.82) is 0 Å². The van der Waals surface area contributed by atoms with Crippen LogP contribution in [0.4, 0.5) is 0 Å². The van der Waals surface area contributed by atoms with Gasteiger partial charge in [0.2, 0.25) is 5.91 Å². The monoisotopic (exact) mass is 360 g/mol. The average Bonchev–Trinajstić information content (AvgIpc) is 3.05. The van der Waals surface area contributed by atoms with Gasteiger partial charge in [0.15, 0.2) is 0 Å². The number of thiazole rings is 1. The number of aromatic nitrogens is 1. The van der Waals surface area contributed by atoms with Gasteiger partial charge in [0, 0.05) is 17.3 Å². The van der Waals surface area contributed by atoms with E-state index in [-0.39, 0.29) is 17.9 Å². The van der Waals surface area contributed by atoms with Crippen LogP contribution in [0, 0.1) is 12.8 Å². The predicted molar refractivity (Wildman–Crippen MR) is 103 cm³/mol. The summed E-state index contributed by atoms with van der Waals surface area (Å²) in [6, 6.07) is 8.18. The van der Waals surface area contributed by atoms with Gasteiger partial charge in [-0.05, 0) is 31.9 Å². The highest BCUT2D eigenvalue weighted by molar-refractivity contribution is 7.09. The molecule has 0 saturated carbocycles. The van der Waals surface area contributed by atoms with Crippen LogP contribution in [-0.4, -0.2) is 21.8 Å². The van der Waals surface area contributed by atoms with Crippen molar-refractivity contribution in [3.05, 3.63) is 45.9 Å². The predicted octanol–water partition coefficient (Wildman–Crippen LogP) is 4.81. The fourth-order valence-electron chi connectivity index (χ4n) is 2.52. The number of hydrogen-bond donors (Lipinski definition) is 0. The molecule has 4 nitrogen and oxygen atoms in total. The van der Waals surface area contributed by atoms with E-state index in [2.05, 4.69) is 18.8 Å². The molecule has 2 rings (SSSR count). The number of para-hydroxylation sites is 1. The molecule has 0 aliphatic carbocycles. The van der Waals surface area contributed by atoms with Crippen LogP contribution in [0.15, 0.2) is 29.6 Å². The molecular formula is C20H28N2O2S. The summed E-state index contributed by atoms with van der Waals surface area (Å²) in [4.78, 5) is 19.1. The minimum Gasteiger partial charge on any atom is -0.486 e. The number of benzene rings is 1. The van der Waals surface area contributed by atoms with E-state index in [0.29, 0.717) is 13.2 Å². The lowest BCUT2D eigenvalue weighted by Gasteiger charge is -2.29. The van der Waals surface area contributed by atoms with E-state index < -0.39 is 0 Å². The van der Waals surface area contributed by atoms with E-state index in [0.717, 1.165) is 28.4 Å². The Labute approximate surface area is 154 Å². The molecule has 136 valence electrons. The van der Waals surface area contributed by atoms with Crippen molar-refractivity contribution in [3.63, 3.8) is 0 Å². The highest BCUT2D eigenvalue weighted by Gasteiger charge is 2.22. The summed E-state index contributed by atoms with van der Waals surface area (Å²) >= 11 is 1.58. The summed E-state index contributed by atoms with van der Waals surface area (Å²) in [5, 5.41) is 2.96. The van der Waals surface area contributed by atoms with Gasteiger partial charge in [-0.15, -0.1) is 11.3 Å². The first-order valence-corrected chi connectivity index (χ1v) is 9.72. The Kier molecular flexibility index (Phi) is 7.00. The van der Waals surface area contributed by atoms with E-state index in [1.165, 1.54) is 0 Å². The van der Waals surface area contributed by atoms with Gasteiger partial charge in [-0.25, -0.2) is 4.98 Å². The van der Waals surface area contributed by atoms with Crippen LogP contribution in [0.5, 0.6) is 5.75 Å². The fraction of sp³-hybridized carbons (Fsp3) is 0.500. The maximum absolute atomic E-state index is 12.5. The second kappa shape index (κ2) is 8.99. The number of ether oxygens (including phenoxy) is 1. The zero-order chi connectivity index (χ0) is 18.4. The zero-order valence-corrected chi connectivity index (χ0v) is 16.6. The smallest absolute Gasteiger partial charge is 0.225 e. The molecule has 0 radical (unpaired) electrons. The Morgan fingerprint density at radius 2 is 2.00 bits per heavy atom.